The monoisotopic (exact) mass is 394 g/mol. The van der Waals surface area contributed by atoms with Gasteiger partial charge in [-0.15, -0.1) is 0 Å². The average Bonchev–Trinajstić information content (AvgIpc) is 2.73. The van der Waals surface area contributed by atoms with E-state index in [2.05, 4.69) is 6.92 Å². The third-order valence-corrected chi connectivity index (χ3v) is 5.49. The van der Waals surface area contributed by atoms with Gasteiger partial charge in [-0.3, -0.25) is 9.59 Å². The van der Waals surface area contributed by atoms with Gasteiger partial charge in [-0.05, 0) is 41.8 Å². The maximum Gasteiger partial charge on any atom is 0.248 e. The molecule has 2 aromatic carbocycles. The van der Waals surface area contributed by atoms with Crippen LogP contribution in [0.25, 0.3) is 0 Å². The van der Waals surface area contributed by atoms with Crippen LogP contribution in [0.4, 0.5) is 0 Å². The summed E-state index contributed by atoms with van der Waals surface area (Å²) in [6.07, 6.45) is 11.0. The molecule has 0 aliphatic carbocycles. The number of benzene rings is 2. The van der Waals surface area contributed by atoms with E-state index in [9.17, 15) is 9.59 Å². The molecule has 2 aromatic rings. The van der Waals surface area contributed by atoms with Crippen LogP contribution in [-0.2, 0) is 0 Å². The Bertz CT molecular complexity index is 743. The summed E-state index contributed by atoms with van der Waals surface area (Å²) in [6.45, 7) is 2.24. The van der Waals surface area contributed by atoms with Crippen molar-refractivity contribution in [3.63, 3.8) is 0 Å². The zero-order valence-electron chi connectivity index (χ0n) is 17.5. The Labute approximate surface area is 174 Å². The molecule has 0 aromatic heterocycles. The highest BCUT2D eigenvalue weighted by molar-refractivity contribution is 5.93. The van der Waals surface area contributed by atoms with Crippen LogP contribution in [0.2, 0.25) is 0 Å². The highest BCUT2D eigenvalue weighted by atomic mass is 16.1. The van der Waals surface area contributed by atoms with E-state index in [1.54, 1.807) is 12.1 Å². The van der Waals surface area contributed by atoms with Gasteiger partial charge in [-0.25, -0.2) is 0 Å². The molecule has 2 amide bonds. The maximum absolute atomic E-state index is 11.6. The number of primary amides is 2. The summed E-state index contributed by atoms with van der Waals surface area (Å²) >= 11 is 0. The molecule has 0 saturated heterocycles. The van der Waals surface area contributed by atoms with Gasteiger partial charge in [0.1, 0.15) is 0 Å². The van der Waals surface area contributed by atoms with Gasteiger partial charge in [0.05, 0.1) is 0 Å². The Hall–Kier alpha value is -2.62. The first-order valence-corrected chi connectivity index (χ1v) is 10.8. The van der Waals surface area contributed by atoms with Crippen molar-refractivity contribution in [2.24, 2.45) is 11.5 Å². The maximum atomic E-state index is 11.6. The molecule has 0 unspecified atom stereocenters. The average molecular weight is 395 g/mol. The SMILES string of the molecule is CCCCCCCCCCC(c1cccc(C(N)=O)c1)c1cccc(C(N)=O)c1. The molecule has 0 bridgehead atoms. The molecular formula is C25H34N2O2. The summed E-state index contributed by atoms with van der Waals surface area (Å²) in [5.74, 6) is -0.749. The molecule has 0 aliphatic heterocycles. The van der Waals surface area contributed by atoms with E-state index in [0.717, 1.165) is 24.0 Å². The van der Waals surface area contributed by atoms with Crippen LogP contribution in [0.15, 0.2) is 48.5 Å². The zero-order valence-corrected chi connectivity index (χ0v) is 17.5. The summed E-state index contributed by atoms with van der Waals surface area (Å²) < 4.78 is 0. The molecule has 156 valence electrons. The molecule has 0 heterocycles. The predicted octanol–water partition coefficient (Wildman–Crippen LogP) is 5.55. The molecule has 4 heteroatoms. The summed E-state index contributed by atoms with van der Waals surface area (Å²) in [6, 6.07) is 15.0. The number of rotatable bonds is 13. The summed E-state index contributed by atoms with van der Waals surface area (Å²) in [7, 11) is 0. The number of nitrogens with two attached hydrogens (primary N) is 2. The Balaban J connectivity index is 2.10. The van der Waals surface area contributed by atoms with Gasteiger partial charge in [-0.2, -0.15) is 0 Å². The van der Waals surface area contributed by atoms with Gasteiger partial charge >= 0.3 is 0 Å². The highest BCUT2D eigenvalue weighted by Crippen LogP contribution is 2.31. The number of hydrogen-bond acceptors (Lipinski definition) is 2. The smallest absolute Gasteiger partial charge is 0.248 e. The Morgan fingerprint density at radius 3 is 1.62 bits per heavy atom. The van der Waals surface area contributed by atoms with Crippen LogP contribution < -0.4 is 11.5 Å². The van der Waals surface area contributed by atoms with Crippen LogP contribution in [0.1, 0.15) is 102 Å². The molecular weight excluding hydrogens is 360 g/mol. The van der Waals surface area contributed by atoms with Gasteiger partial charge in [0.25, 0.3) is 0 Å². The minimum Gasteiger partial charge on any atom is -0.366 e. The molecule has 29 heavy (non-hydrogen) atoms. The third kappa shape index (κ3) is 7.37. The van der Waals surface area contributed by atoms with Crippen LogP contribution >= 0.6 is 0 Å². The van der Waals surface area contributed by atoms with Gasteiger partial charge in [0.2, 0.25) is 11.8 Å². The first-order chi connectivity index (χ1) is 14.0. The van der Waals surface area contributed by atoms with Crippen molar-refractivity contribution in [3.05, 3.63) is 70.8 Å². The fourth-order valence-corrected chi connectivity index (χ4v) is 3.83. The normalized spacial score (nSPS) is 11.0. The lowest BCUT2D eigenvalue weighted by Crippen LogP contribution is -2.13. The van der Waals surface area contributed by atoms with E-state index in [1.807, 2.05) is 36.4 Å². The van der Waals surface area contributed by atoms with Crippen molar-refractivity contribution in [1.29, 1.82) is 0 Å². The van der Waals surface area contributed by atoms with E-state index >= 15 is 0 Å². The fourth-order valence-electron chi connectivity index (χ4n) is 3.83. The number of amides is 2. The Morgan fingerprint density at radius 1 is 0.724 bits per heavy atom. The minimum atomic E-state index is -0.427. The van der Waals surface area contributed by atoms with E-state index in [-0.39, 0.29) is 5.92 Å². The van der Waals surface area contributed by atoms with Crippen molar-refractivity contribution in [1.82, 2.24) is 0 Å². The number of carbonyl (C=O) groups is 2. The molecule has 4 N–H and O–H groups in total. The van der Waals surface area contributed by atoms with E-state index < -0.39 is 11.8 Å². The van der Waals surface area contributed by atoms with E-state index in [4.69, 9.17) is 11.5 Å². The van der Waals surface area contributed by atoms with Gasteiger partial charge in [-0.1, -0.05) is 82.6 Å². The molecule has 4 nitrogen and oxygen atoms in total. The van der Waals surface area contributed by atoms with Crippen molar-refractivity contribution < 1.29 is 9.59 Å². The van der Waals surface area contributed by atoms with Crippen LogP contribution in [0, 0.1) is 0 Å². The zero-order chi connectivity index (χ0) is 21.1. The summed E-state index contributed by atoms with van der Waals surface area (Å²) in [4.78, 5) is 23.2. The number of unbranched alkanes of at least 4 members (excludes halogenated alkanes) is 7. The molecule has 0 saturated carbocycles. The van der Waals surface area contributed by atoms with Crippen molar-refractivity contribution >= 4 is 11.8 Å². The molecule has 0 spiro atoms. The molecule has 0 aliphatic rings. The van der Waals surface area contributed by atoms with E-state index in [1.165, 1.54) is 44.9 Å². The largest absolute Gasteiger partial charge is 0.366 e. The molecule has 0 atom stereocenters. The topological polar surface area (TPSA) is 86.2 Å². The van der Waals surface area contributed by atoms with Gasteiger partial charge in [0.15, 0.2) is 0 Å². The van der Waals surface area contributed by atoms with Crippen molar-refractivity contribution in [2.45, 2.75) is 70.6 Å². The summed E-state index contributed by atoms with van der Waals surface area (Å²) in [5, 5.41) is 0. The minimum absolute atomic E-state index is 0.105. The summed E-state index contributed by atoms with van der Waals surface area (Å²) in [5.41, 5.74) is 14.1. The molecule has 0 fully saturated rings. The van der Waals surface area contributed by atoms with E-state index in [0.29, 0.717) is 11.1 Å². The Kier molecular flexibility index (Phi) is 9.42. The quantitative estimate of drug-likeness (QED) is 0.437. The Morgan fingerprint density at radius 2 is 1.17 bits per heavy atom. The van der Waals surface area contributed by atoms with Crippen molar-refractivity contribution in [2.75, 3.05) is 0 Å². The lowest BCUT2D eigenvalue weighted by atomic mass is 9.85. The first kappa shape index (κ1) is 22.7. The van der Waals surface area contributed by atoms with Crippen LogP contribution in [-0.4, -0.2) is 11.8 Å². The molecule has 2 rings (SSSR count). The fraction of sp³-hybridized carbons (Fsp3) is 0.440. The van der Waals surface area contributed by atoms with Crippen molar-refractivity contribution in [3.8, 4) is 0 Å². The van der Waals surface area contributed by atoms with Gasteiger partial charge in [0, 0.05) is 17.0 Å². The van der Waals surface area contributed by atoms with Crippen LogP contribution in [0.5, 0.6) is 0 Å². The standard InChI is InChI=1S/C25H34N2O2/c1-2-3-4-5-6-7-8-9-16-23(19-12-10-14-21(17-19)24(26)28)20-13-11-15-22(18-20)25(27)29/h10-15,17-18,23H,2-9,16H2,1H3,(H2,26,28)(H2,27,29). The molecule has 0 radical (unpaired) electrons. The second-order valence-electron chi connectivity index (χ2n) is 7.80. The lowest BCUT2D eigenvalue weighted by molar-refractivity contribution is 0.0992. The number of carbonyl (C=O) groups excluding carboxylic acids is 2. The first-order valence-electron chi connectivity index (χ1n) is 10.8. The lowest BCUT2D eigenvalue weighted by Gasteiger charge is -2.19. The number of hydrogen-bond donors (Lipinski definition) is 2. The third-order valence-electron chi connectivity index (χ3n) is 5.49. The second-order valence-corrected chi connectivity index (χ2v) is 7.80. The predicted molar refractivity (Wildman–Crippen MR) is 119 cm³/mol. The van der Waals surface area contributed by atoms with Gasteiger partial charge < -0.3 is 11.5 Å². The van der Waals surface area contributed by atoms with Crippen LogP contribution in [0.3, 0.4) is 0 Å². The highest BCUT2D eigenvalue weighted by Gasteiger charge is 2.16. The second kappa shape index (κ2) is 12.1.